The summed E-state index contributed by atoms with van der Waals surface area (Å²) in [4.78, 5) is 15.5. The Labute approximate surface area is 96.5 Å². The van der Waals surface area contributed by atoms with Crippen molar-refractivity contribution in [3.8, 4) is 0 Å². The average molecular weight is 221 g/mol. The highest BCUT2D eigenvalue weighted by atomic mass is 16.1. The molecule has 0 aliphatic heterocycles. The van der Waals surface area contributed by atoms with Crippen molar-refractivity contribution in [2.75, 3.05) is 13.6 Å². The van der Waals surface area contributed by atoms with E-state index in [4.69, 9.17) is 0 Å². The van der Waals surface area contributed by atoms with Crippen LogP contribution in [-0.4, -0.2) is 24.5 Å². The molecule has 0 saturated carbocycles. The lowest BCUT2D eigenvalue weighted by Crippen LogP contribution is -2.24. The van der Waals surface area contributed by atoms with Crippen molar-refractivity contribution in [2.24, 2.45) is 0 Å². The molecule has 4 nitrogen and oxygen atoms in total. The molecule has 1 rings (SSSR count). The Bertz CT molecular complexity index is 339. The summed E-state index contributed by atoms with van der Waals surface area (Å²) in [5.74, 6) is 0.0958. The molecule has 2 N–H and O–H groups in total. The average Bonchev–Trinajstić information content (AvgIpc) is 2.28. The summed E-state index contributed by atoms with van der Waals surface area (Å²) in [5, 5.41) is 5.91. The number of aryl methyl sites for hydroxylation is 1. The Morgan fingerprint density at radius 2 is 2.31 bits per heavy atom. The first-order valence-corrected chi connectivity index (χ1v) is 5.55. The molecule has 0 unspecified atom stereocenters. The molecule has 0 spiro atoms. The Kier molecular flexibility index (Phi) is 5.50. The van der Waals surface area contributed by atoms with Crippen LogP contribution in [0.25, 0.3) is 0 Å². The fraction of sp³-hybridized carbons (Fsp3) is 0.500. The minimum atomic E-state index is 0.0958. The highest BCUT2D eigenvalue weighted by Gasteiger charge is 2.02. The maximum atomic E-state index is 11.4. The second kappa shape index (κ2) is 6.95. The van der Waals surface area contributed by atoms with Gasteiger partial charge in [0.25, 0.3) is 0 Å². The predicted octanol–water partition coefficient (Wildman–Crippen LogP) is 1.01. The number of nitrogens with zero attached hydrogens (tertiary/aromatic N) is 1. The first-order chi connectivity index (χ1) is 7.74. The van der Waals surface area contributed by atoms with Gasteiger partial charge in [-0.1, -0.05) is 0 Å². The zero-order valence-electron chi connectivity index (χ0n) is 9.92. The highest BCUT2D eigenvalue weighted by Crippen LogP contribution is 2.04. The third-order valence-electron chi connectivity index (χ3n) is 2.45. The number of amides is 1. The van der Waals surface area contributed by atoms with Gasteiger partial charge in [-0.25, -0.2) is 0 Å². The molecule has 1 aromatic rings. The Hall–Kier alpha value is -1.42. The molecule has 0 radical (unpaired) electrons. The van der Waals surface area contributed by atoms with Gasteiger partial charge in [0.15, 0.2) is 0 Å². The van der Waals surface area contributed by atoms with Crippen LogP contribution >= 0.6 is 0 Å². The summed E-state index contributed by atoms with van der Waals surface area (Å²) in [6.45, 7) is 3.46. The molecule has 4 heteroatoms. The van der Waals surface area contributed by atoms with E-state index in [0.717, 1.165) is 24.1 Å². The lowest BCUT2D eigenvalue weighted by atomic mass is 10.1. The summed E-state index contributed by atoms with van der Waals surface area (Å²) in [7, 11) is 1.89. The van der Waals surface area contributed by atoms with Gasteiger partial charge in [0.2, 0.25) is 5.91 Å². The summed E-state index contributed by atoms with van der Waals surface area (Å²) in [5.41, 5.74) is 2.23. The van der Waals surface area contributed by atoms with Crippen LogP contribution in [0.1, 0.15) is 24.0 Å². The second-order valence-corrected chi connectivity index (χ2v) is 3.79. The van der Waals surface area contributed by atoms with Gasteiger partial charge in [0.05, 0.1) is 0 Å². The maximum absolute atomic E-state index is 11.4. The van der Waals surface area contributed by atoms with Crippen molar-refractivity contribution in [1.82, 2.24) is 15.6 Å². The number of carbonyl (C=O) groups excluding carboxylic acids is 1. The summed E-state index contributed by atoms with van der Waals surface area (Å²) in [6, 6.07) is 1.95. The van der Waals surface area contributed by atoms with Crippen molar-refractivity contribution in [3.05, 3.63) is 29.6 Å². The van der Waals surface area contributed by atoms with Crippen molar-refractivity contribution in [2.45, 2.75) is 26.3 Å². The number of hydrogen-bond acceptors (Lipinski definition) is 3. The molecule has 16 heavy (non-hydrogen) atoms. The van der Waals surface area contributed by atoms with Crippen LogP contribution in [0.3, 0.4) is 0 Å². The number of aromatic nitrogens is 1. The van der Waals surface area contributed by atoms with Gasteiger partial charge >= 0.3 is 0 Å². The quantitative estimate of drug-likeness (QED) is 0.705. The van der Waals surface area contributed by atoms with Gasteiger partial charge in [0.1, 0.15) is 0 Å². The molecule has 1 aromatic heterocycles. The largest absolute Gasteiger partial charge is 0.352 e. The van der Waals surface area contributed by atoms with E-state index < -0.39 is 0 Å². The van der Waals surface area contributed by atoms with Gasteiger partial charge < -0.3 is 10.6 Å². The molecular formula is C12H19N3O. The van der Waals surface area contributed by atoms with E-state index in [2.05, 4.69) is 15.6 Å². The smallest absolute Gasteiger partial charge is 0.220 e. The molecule has 1 amide bonds. The van der Waals surface area contributed by atoms with Gasteiger partial charge in [0, 0.05) is 25.4 Å². The number of nitrogens with one attached hydrogen (secondary N) is 2. The minimum absolute atomic E-state index is 0.0958. The zero-order chi connectivity index (χ0) is 11.8. The summed E-state index contributed by atoms with van der Waals surface area (Å²) in [6.07, 6.45) is 4.99. The van der Waals surface area contributed by atoms with Crippen LogP contribution in [0, 0.1) is 6.92 Å². The maximum Gasteiger partial charge on any atom is 0.220 e. The molecule has 0 aliphatic carbocycles. The first kappa shape index (κ1) is 12.6. The Morgan fingerprint density at radius 3 is 3.00 bits per heavy atom. The van der Waals surface area contributed by atoms with Crippen LogP contribution in [0.2, 0.25) is 0 Å². The van der Waals surface area contributed by atoms with Crippen LogP contribution in [0.5, 0.6) is 0 Å². The van der Waals surface area contributed by atoms with E-state index in [1.54, 1.807) is 12.4 Å². The molecule has 88 valence electrons. The molecule has 0 fully saturated rings. The van der Waals surface area contributed by atoms with E-state index in [1.807, 2.05) is 20.0 Å². The third-order valence-corrected chi connectivity index (χ3v) is 2.45. The second-order valence-electron chi connectivity index (χ2n) is 3.79. The molecule has 0 aliphatic rings. The number of rotatable bonds is 6. The lowest BCUT2D eigenvalue weighted by molar-refractivity contribution is -0.121. The monoisotopic (exact) mass is 221 g/mol. The van der Waals surface area contributed by atoms with Crippen LogP contribution in [-0.2, 0) is 11.3 Å². The van der Waals surface area contributed by atoms with Crippen molar-refractivity contribution in [3.63, 3.8) is 0 Å². The van der Waals surface area contributed by atoms with Crippen LogP contribution in [0.4, 0.5) is 0 Å². The van der Waals surface area contributed by atoms with Gasteiger partial charge in [-0.05, 0) is 44.1 Å². The summed E-state index contributed by atoms with van der Waals surface area (Å²) < 4.78 is 0. The Morgan fingerprint density at radius 1 is 1.50 bits per heavy atom. The normalized spacial score (nSPS) is 10.1. The van der Waals surface area contributed by atoms with Gasteiger partial charge in [-0.3, -0.25) is 9.78 Å². The van der Waals surface area contributed by atoms with Crippen molar-refractivity contribution < 1.29 is 4.79 Å². The van der Waals surface area contributed by atoms with Crippen molar-refractivity contribution >= 4 is 5.91 Å². The van der Waals surface area contributed by atoms with E-state index in [9.17, 15) is 4.79 Å². The standard InChI is InChI=1S/C12H19N3O/c1-10-5-7-14-8-11(10)9-15-12(16)4-3-6-13-2/h5,7-8,13H,3-4,6,9H2,1-2H3,(H,15,16). The first-order valence-electron chi connectivity index (χ1n) is 5.55. The zero-order valence-corrected chi connectivity index (χ0v) is 9.92. The third kappa shape index (κ3) is 4.40. The number of carbonyl (C=O) groups is 1. The van der Waals surface area contributed by atoms with E-state index >= 15 is 0 Å². The predicted molar refractivity (Wildman–Crippen MR) is 64.0 cm³/mol. The fourth-order valence-corrected chi connectivity index (χ4v) is 1.39. The topological polar surface area (TPSA) is 54.0 Å². The van der Waals surface area contributed by atoms with Crippen LogP contribution < -0.4 is 10.6 Å². The number of hydrogen-bond donors (Lipinski definition) is 2. The van der Waals surface area contributed by atoms with E-state index in [-0.39, 0.29) is 5.91 Å². The molecule has 0 bridgehead atoms. The van der Waals surface area contributed by atoms with Crippen molar-refractivity contribution in [1.29, 1.82) is 0 Å². The molecule has 0 saturated heterocycles. The molecule has 0 aromatic carbocycles. The molecular weight excluding hydrogens is 202 g/mol. The van der Waals surface area contributed by atoms with E-state index in [0.29, 0.717) is 13.0 Å². The minimum Gasteiger partial charge on any atom is -0.352 e. The van der Waals surface area contributed by atoms with Gasteiger partial charge in [-0.2, -0.15) is 0 Å². The molecule has 0 atom stereocenters. The number of pyridine rings is 1. The van der Waals surface area contributed by atoms with E-state index in [1.165, 1.54) is 0 Å². The molecule has 1 heterocycles. The summed E-state index contributed by atoms with van der Waals surface area (Å²) >= 11 is 0. The Balaban J connectivity index is 2.29. The highest BCUT2D eigenvalue weighted by molar-refractivity contribution is 5.75. The van der Waals surface area contributed by atoms with Crippen LogP contribution in [0.15, 0.2) is 18.5 Å². The van der Waals surface area contributed by atoms with Gasteiger partial charge in [-0.15, -0.1) is 0 Å². The SMILES string of the molecule is CNCCCC(=O)NCc1cnccc1C. The fourth-order valence-electron chi connectivity index (χ4n) is 1.39. The lowest BCUT2D eigenvalue weighted by Gasteiger charge is -2.07.